The Kier molecular flexibility index (Phi) is 4.18. The molecule has 1 N–H and O–H groups in total. The highest BCUT2D eigenvalue weighted by Crippen LogP contribution is 2.14. The van der Waals surface area contributed by atoms with Gasteiger partial charge in [-0.25, -0.2) is 19.3 Å². The van der Waals surface area contributed by atoms with Crippen molar-refractivity contribution < 1.29 is 4.79 Å². The molecular weight excluding hydrogens is 340 g/mol. The minimum Gasteiger partial charge on any atom is -0.352 e. The molecule has 0 saturated carbocycles. The van der Waals surface area contributed by atoms with E-state index in [-0.39, 0.29) is 6.03 Å². The van der Waals surface area contributed by atoms with E-state index in [1.807, 2.05) is 18.0 Å². The van der Waals surface area contributed by atoms with Gasteiger partial charge in [-0.05, 0) is 6.92 Å². The normalized spacial score (nSPS) is 14.9. The van der Waals surface area contributed by atoms with Gasteiger partial charge < -0.3 is 15.1 Å². The van der Waals surface area contributed by atoms with Crippen LogP contribution < -0.4 is 10.2 Å². The molecule has 4 rings (SSSR count). The lowest BCUT2D eigenvalue weighted by atomic mass is 10.3. The van der Waals surface area contributed by atoms with Crippen molar-refractivity contribution in [2.75, 3.05) is 31.1 Å². The van der Waals surface area contributed by atoms with E-state index >= 15 is 0 Å². The molecule has 1 saturated heterocycles. The number of carbonyl (C=O) groups is 1. The van der Waals surface area contributed by atoms with Crippen LogP contribution in [0.5, 0.6) is 0 Å². The maximum Gasteiger partial charge on any atom is 0.317 e. The number of piperazine rings is 1. The zero-order valence-corrected chi connectivity index (χ0v) is 14.6. The fourth-order valence-corrected chi connectivity index (χ4v) is 3.54. The topological polar surface area (TPSA) is 91.6 Å². The summed E-state index contributed by atoms with van der Waals surface area (Å²) in [5.74, 6) is 0.850. The molecule has 3 aromatic heterocycles. The summed E-state index contributed by atoms with van der Waals surface area (Å²) in [5, 5.41) is 8.22. The highest BCUT2D eigenvalue weighted by molar-refractivity contribution is 7.16. The molecule has 0 aliphatic carbocycles. The number of rotatable bonds is 3. The predicted molar refractivity (Wildman–Crippen MR) is 93.7 cm³/mol. The van der Waals surface area contributed by atoms with E-state index < -0.39 is 0 Å². The first-order valence-electron chi connectivity index (χ1n) is 8.04. The van der Waals surface area contributed by atoms with Crippen LogP contribution in [0.15, 0.2) is 24.8 Å². The lowest BCUT2D eigenvalue weighted by Crippen LogP contribution is -2.51. The average Bonchev–Trinajstić information content (AvgIpc) is 3.17. The molecule has 0 radical (unpaired) electrons. The number of aryl methyl sites for hydroxylation is 1. The largest absolute Gasteiger partial charge is 0.352 e. The van der Waals surface area contributed by atoms with Crippen molar-refractivity contribution in [3.8, 4) is 0 Å². The summed E-state index contributed by atoms with van der Waals surface area (Å²) < 4.78 is 1.75. The van der Waals surface area contributed by atoms with Gasteiger partial charge in [-0.2, -0.15) is 5.10 Å². The number of fused-ring (bicyclic) bond motifs is 1. The number of nitrogens with zero attached hydrogens (tertiary/aromatic N) is 7. The zero-order valence-electron chi connectivity index (χ0n) is 13.8. The Morgan fingerprint density at radius 2 is 2.12 bits per heavy atom. The number of hydrogen-bond acceptors (Lipinski definition) is 7. The van der Waals surface area contributed by atoms with E-state index in [1.54, 1.807) is 23.1 Å². The number of amides is 2. The lowest BCUT2D eigenvalue weighted by Gasteiger charge is -2.35. The predicted octanol–water partition coefficient (Wildman–Crippen LogP) is 0.921. The van der Waals surface area contributed by atoms with Crippen LogP contribution >= 0.6 is 11.3 Å². The van der Waals surface area contributed by atoms with Crippen molar-refractivity contribution in [2.24, 2.45) is 0 Å². The molecule has 25 heavy (non-hydrogen) atoms. The molecule has 0 atom stereocenters. The van der Waals surface area contributed by atoms with E-state index in [1.165, 1.54) is 11.3 Å². The number of urea groups is 1. The smallest absolute Gasteiger partial charge is 0.317 e. The summed E-state index contributed by atoms with van der Waals surface area (Å²) in [6.07, 6.45) is 6.94. The van der Waals surface area contributed by atoms with Crippen LogP contribution in [0.25, 0.3) is 4.96 Å². The molecule has 10 heteroatoms. The number of hydrogen-bond donors (Lipinski definition) is 1. The fourth-order valence-electron chi connectivity index (χ4n) is 2.80. The van der Waals surface area contributed by atoms with Crippen LogP contribution in [0.2, 0.25) is 0 Å². The Hall–Kier alpha value is -2.75. The molecule has 1 fully saturated rings. The van der Waals surface area contributed by atoms with Crippen molar-refractivity contribution in [1.82, 2.24) is 34.8 Å². The number of anilines is 1. The van der Waals surface area contributed by atoms with Crippen molar-refractivity contribution in [3.63, 3.8) is 0 Å². The molecule has 4 heterocycles. The molecule has 1 aliphatic rings. The van der Waals surface area contributed by atoms with Crippen LogP contribution in [-0.4, -0.2) is 61.7 Å². The summed E-state index contributed by atoms with van der Waals surface area (Å²) in [6.45, 7) is 5.15. The second-order valence-electron chi connectivity index (χ2n) is 5.78. The third-order valence-electron chi connectivity index (χ3n) is 4.06. The second-order valence-corrected chi connectivity index (χ2v) is 6.94. The van der Waals surface area contributed by atoms with Gasteiger partial charge in [-0.3, -0.25) is 4.98 Å². The van der Waals surface area contributed by atoms with Crippen molar-refractivity contribution in [1.29, 1.82) is 0 Å². The molecule has 0 spiro atoms. The maximum absolute atomic E-state index is 12.3. The van der Waals surface area contributed by atoms with E-state index in [2.05, 4.69) is 30.3 Å². The van der Waals surface area contributed by atoms with Gasteiger partial charge in [0.15, 0.2) is 0 Å². The summed E-state index contributed by atoms with van der Waals surface area (Å²) in [7, 11) is 0. The molecule has 130 valence electrons. The highest BCUT2D eigenvalue weighted by atomic mass is 32.1. The average molecular weight is 358 g/mol. The standard InChI is InChI=1S/C15H18N8OS/c1-11-20-23-10-12(19-15(23)25-11)8-18-14(24)22-6-4-21(5-7-22)13-9-16-2-3-17-13/h2-3,9-10H,4-8H2,1H3,(H,18,24). The van der Waals surface area contributed by atoms with Crippen molar-refractivity contribution >= 4 is 28.1 Å². The fraction of sp³-hybridized carbons (Fsp3) is 0.400. The first-order valence-corrected chi connectivity index (χ1v) is 8.86. The van der Waals surface area contributed by atoms with E-state index in [0.717, 1.165) is 34.6 Å². The Morgan fingerprint density at radius 3 is 2.84 bits per heavy atom. The van der Waals surface area contributed by atoms with Gasteiger partial charge in [0.1, 0.15) is 10.8 Å². The Balaban J connectivity index is 1.29. The number of imidazole rings is 1. The van der Waals surface area contributed by atoms with Gasteiger partial charge in [0.05, 0.1) is 24.6 Å². The van der Waals surface area contributed by atoms with Crippen LogP contribution in [0.3, 0.4) is 0 Å². The highest BCUT2D eigenvalue weighted by Gasteiger charge is 2.22. The van der Waals surface area contributed by atoms with Crippen LogP contribution in [0.1, 0.15) is 10.7 Å². The monoisotopic (exact) mass is 358 g/mol. The SMILES string of the molecule is Cc1nn2cc(CNC(=O)N3CCN(c4cnccn4)CC3)nc2s1. The number of aromatic nitrogens is 5. The Morgan fingerprint density at radius 1 is 1.28 bits per heavy atom. The quantitative estimate of drug-likeness (QED) is 0.749. The van der Waals surface area contributed by atoms with Gasteiger partial charge >= 0.3 is 6.03 Å². The molecule has 2 amide bonds. The van der Waals surface area contributed by atoms with Gasteiger partial charge in [0, 0.05) is 38.6 Å². The second kappa shape index (κ2) is 6.63. The van der Waals surface area contributed by atoms with E-state index in [0.29, 0.717) is 19.6 Å². The molecular formula is C15H18N8OS. The van der Waals surface area contributed by atoms with Crippen LogP contribution in [-0.2, 0) is 6.54 Å². The Labute approximate surface area is 148 Å². The molecule has 9 nitrogen and oxygen atoms in total. The first-order chi connectivity index (χ1) is 12.2. The zero-order chi connectivity index (χ0) is 17.2. The van der Waals surface area contributed by atoms with E-state index in [4.69, 9.17) is 0 Å². The third kappa shape index (κ3) is 3.38. The Bertz CT molecular complexity index is 837. The summed E-state index contributed by atoms with van der Waals surface area (Å²) in [6, 6.07) is -0.0701. The molecule has 3 aromatic rings. The number of carbonyl (C=O) groups excluding carboxylic acids is 1. The molecule has 0 unspecified atom stereocenters. The van der Waals surface area contributed by atoms with Gasteiger partial charge in [-0.1, -0.05) is 11.3 Å². The molecule has 0 bridgehead atoms. The lowest BCUT2D eigenvalue weighted by molar-refractivity contribution is 0.193. The summed E-state index contributed by atoms with van der Waals surface area (Å²) in [5.41, 5.74) is 0.810. The summed E-state index contributed by atoms with van der Waals surface area (Å²) in [4.78, 5) is 30.0. The van der Waals surface area contributed by atoms with Gasteiger partial charge in [0.2, 0.25) is 4.96 Å². The van der Waals surface area contributed by atoms with Crippen LogP contribution in [0.4, 0.5) is 10.6 Å². The summed E-state index contributed by atoms with van der Waals surface area (Å²) >= 11 is 1.53. The first kappa shape index (κ1) is 15.8. The van der Waals surface area contributed by atoms with Crippen molar-refractivity contribution in [3.05, 3.63) is 35.5 Å². The number of nitrogens with one attached hydrogen (secondary N) is 1. The maximum atomic E-state index is 12.3. The van der Waals surface area contributed by atoms with Crippen molar-refractivity contribution in [2.45, 2.75) is 13.5 Å². The minimum absolute atomic E-state index is 0.0701. The minimum atomic E-state index is -0.0701. The molecule has 1 aliphatic heterocycles. The van der Waals surface area contributed by atoms with Gasteiger partial charge in [0.25, 0.3) is 0 Å². The molecule has 0 aromatic carbocycles. The van der Waals surface area contributed by atoms with Crippen LogP contribution in [0, 0.1) is 6.92 Å². The van der Waals surface area contributed by atoms with Gasteiger partial charge in [-0.15, -0.1) is 0 Å². The van der Waals surface area contributed by atoms with E-state index in [9.17, 15) is 4.79 Å². The third-order valence-corrected chi connectivity index (χ3v) is 4.89.